The molecule has 0 bridgehead atoms. The number of carboxylic acid groups (broad SMARTS) is 1. The lowest BCUT2D eigenvalue weighted by molar-refractivity contribution is -0.144. The molecule has 26 heavy (non-hydrogen) atoms. The SMILES string of the molecule is CCOC(Cc1ccc(F)cc1)C(=O)NC(CCC(=O)C=[N+]=[N-])C(=O)O. The Labute approximate surface area is 149 Å². The summed E-state index contributed by atoms with van der Waals surface area (Å²) in [5, 5.41) is 11.5. The predicted octanol–water partition coefficient (Wildman–Crippen LogP) is 0.993. The summed E-state index contributed by atoms with van der Waals surface area (Å²) in [6.07, 6.45) is -0.525. The van der Waals surface area contributed by atoms with Gasteiger partial charge in [0, 0.05) is 19.4 Å². The number of carbonyl (C=O) groups is 3. The molecule has 1 aromatic rings. The minimum Gasteiger partial charge on any atom is -0.480 e. The Morgan fingerprint density at radius 3 is 2.54 bits per heavy atom. The van der Waals surface area contributed by atoms with E-state index in [1.54, 1.807) is 6.92 Å². The number of halogens is 1. The second kappa shape index (κ2) is 10.9. The zero-order valence-electron chi connectivity index (χ0n) is 14.2. The number of ether oxygens (including phenoxy) is 1. The third-order valence-corrected chi connectivity index (χ3v) is 3.49. The average Bonchev–Trinajstić information content (AvgIpc) is 2.59. The molecule has 0 radical (unpaired) electrons. The molecule has 1 amide bonds. The Hall–Kier alpha value is -2.90. The lowest BCUT2D eigenvalue weighted by Crippen LogP contribution is -2.47. The summed E-state index contributed by atoms with van der Waals surface area (Å²) in [6, 6.07) is 4.23. The number of carbonyl (C=O) groups excluding carboxylic acids is 2. The van der Waals surface area contributed by atoms with Crippen molar-refractivity contribution in [2.24, 2.45) is 0 Å². The van der Waals surface area contributed by atoms with E-state index in [9.17, 15) is 23.9 Å². The largest absolute Gasteiger partial charge is 0.480 e. The number of hydrogen-bond donors (Lipinski definition) is 2. The van der Waals surface area contributed by atoms with Gasteiger partial charge in [0.2, 0.25) is 11.7 Å². The van der Waals surface area contributed by atoms with Crippen LogP contribution in [0.5, 0.6) is 0 Å². The van der Waals surface area contributed by atoms with E-state index in [4.69, 9.17) is 10.3 Å². The number of aliphatic carboxylic acids is 1. The lowest BCUT2D eigenvalue weighted by Gasteiger charge is -2.20. The maximum atomic E-state index is 13.0. The molecule has 0 spiro atoms. The summed E-state index contributed by atoms with van der Waals surface area (Å²) in [6.45, 7) is 1.91. The van der Waals surface area contributed by atoms with Gasteiger partial charge >= 0.3 is 12.2 Å². The first-order valence-corrected chi connectivity index (χ1v) is 7.96. The van der Waals surface area contributed by atoms with E-state index in [1.165, 1.54) is 24.3 Å². The van der Waals surface area contributed by atoms with Gasteiger partial charge in [0.05, 0.1) is 0 Å². The fraction of sp³-hybridized carbons (Fsp3) is 0.412. The van der Waals surface area contributed by atoms with Gasteiger partial charge in [0.1, 0.15) is 18.0 Å². The molecule has 140 valence electrons. The molecule has 0 saturated carbocycles. The molecule has 9 heteroatoms. The minimum absolute atomic E-state index is 0.141. The summed E-state index contributed by atoms with van der Waals surface area (Å²) in [7, 11) is 0. The maximum Gasteiger partial charge on any atom is 0.326 e. The van der Waals surface area contributed by atoms with Crippen molar-refractivity contribution >= 4 is 23.9 Å². The highest BCUT2D eigenvalue weighted by Gasteiger charge is 2.26. The summed E-state index contributed by atoms with van der Waals surface area (Å²) in [4.78, 5) is 37.5. The minimum atomic E-state index is -1.30. The molecular formula is C17H20FN3O5. The van der Waals surface area contributed by atoms with Crippen molar-refractivity contribution in [2.75, 3.05) is 6.61 Å². The molecular weight excluding hydrogens is 345 g/mol. The molecule has 0 aliphatic carbocycles. The molecule has 2 N–H and O–H groups in total. The van der Waals surface area contributed by atoms with Gasteiger partial charge < -0.3 is 20.7 Å². The van der Waals surface area contributed by atoms with Crippen molar-refractivity contribution in [3.05, 3.63) is 41.2 Å². The van der Waals surface area contributed by atoms with Crippen LogP contribution in [0.4, 0.5) is 4.39 Å². The molecule has 2 unspecified atom stereocenters. The number of rotatable bonds is 11. The number of nitrogens with zero attached hydrogens (tertiary/aromatic N) is 2. The van der Waals surface area contributed by atoms with Crippen LogP contribution >= 0.6 is 0 Å². The van der Waals surface area contributed by atoms with Crippen LogP contribution in [0.25, 0.3) is 5.53 Å². The molecule has 0 aromatic heterocycles. The van der Waals surface area contributed by atoms with Gasteiger partial charge in [-0.15, -0.1) is 0 Å². The van der Waals surface area contributed by atoms with E-state index in [0.717, 1.165) is 0 Å². The van der Waals surface area contributed by atoms with Crippen LogP contribution in [0.15, 0.2) is 24.3 Å². The van der Waals surface area contributed by atoms with E-state index in [1.807, 2.05) is 0 Å². The Bertz CT molecular complexity index is 686. The van der Waals surface area contributed by atoms with Crippen molar-refractivity contribution in [3.63, 3.8) is 0 Å². The Morgan fingerprint density at radius 2 is 2.00 bits per heavy atom. The van der Waals surface area contributed by atoms with Crippen molar-refractivity contribution in [1.82, 2.24) is 5.32 Å². The number of Topliss-reactive ketones (excluding diaryl/α,β-unsaturated/α-hetero) is 1. The van der Waals surface area contributed by atoms with E-state index < -0.39 is 35.6 Å². The summed E-state index contributed by atoms with van der Waals surface area (Å²) >= 11 is 0. The van der Waals surface area contributed by atoms with Crippen molar-refractivity contribution < 1.29 is 33.4 Å². The normalized spacial score (nSPS) is 12.5. The Balaban J connectivity index is 2.75. The van der Waals surface area contributed by atoms with Crippen LogP contribution in [0.1, 0.15) is 25.3 Å². The van der Waals surface area contributed by atoms with Crippen LogP contribution in [0, 0.1) is 5.82 Å². The highest BCUT2D eigenvalue weighted by Crippen LogP contribution is 2.09. The highest BCUT2D eigenvalue weighted by atomic mass is 19.1. The molecule has 0 fully saturated rings. The lowest BCUT2D eigenvalue weighted by atomic mass is 10.1. The third-order valence-electron chi connectivity index (χ3n) is 3.49. The number of carboxylic acids is 1. The molecule has 1 aromatic carbocycles. The number of benzene rings is 1. The zero-order chi connectivity index (χ0) is 19.5. The van der Waals surface area contributed by atoms with Gasteiger partial charge in [-0.1, -0.05) is 12.1 Å². The average molecular weight is 365 g/mol. The van der Waals surface area contributed by atoms with Gasteiger partial charge in [0.25, 0.3) is 0 Å². The van der Waals surface area contributed by atoms with Crippen LogP contribution in [-0.2, 0) is 25.5 Å². The first-order valence-electron chi connectivity index (χ1n) is 7.96. The van der Waals surface area contributed by atoms with Gasteiger partial charge in [-0.3, -0.25) is 9.59 Å². The first-order chi connectivity index (χ1) is 12.4. The van der Waals surface area contributed by atoms with Crippen molar-refractivity contribution in [3.8, 4) is 0 Å². The number of amides is 1. The second-order valence-corrected chi connectivity index (χ2v) is 5.42. The maximum absolute atomic E-state index is 13.0. The van der Waals surface area contributed by atoms with E-state index in [2.05, 4.69) is 10.1 Å². The number of ketones is 1. The fourth-order valence-electron chi connectivity index (χ4n) is 2.20. The molecule has 2 atom stereocenters. The van der Waals surface area contributed by atoms with Gasteiger partial charge in [-0.05, 0) is 31.0 Å². The topological polar surface area (TPSA) is 129 Å². The molecule has 0 heterocycles. The molecule has 0 saturated heterocycles. The molecule has 1 rings (SSSR count). The van der Waals surface area contributed by atoms with E-state index in [-0.39, 0.29) is 25.9 Å². The van der Waals surface area contributed by atoms with Crippen LogP contribution in [0.2, 0.25) is 0 Å². The van der Waals surface area contributed by atoms with Crippen LogP contribution in [0.3, 0.4) is 0 Å². The monoisotopic (exact) mass is 365 g/mol. The van der Waals surface area contributed by atoms with Gasteiger partial charge in [0.15, 0.2) is 0 Å². The fourth-order valence-corrected chi connectivity index (χ4v) is 2.20. The van der Waals surface area contributed by atoms with Crippen LogP contribution in [-0.4, -0.2) is 52.5 Å². The van der Waals surface area contributed by atoms with E-state index in [0.29, 0.717) is 11.8 Å². The van der Waals surface area contributed by atoms with Crippen molar-refractivity contribution in [2.45, 2.75) is 38.3 Å². The number of nitrogens with one attached hydrogen (secondary N) is 1. The van der Waals surface area contributed by atoms with Gasteiger partial charge in [-0.2, -0.15) is 4.79 Å². The zero-order valence-corrected chi connectivity index (χ0v) is 14.2. The van der Waals surface area contributed by atoms with Crippen molar-refractivity contribution in [1.29, 1.82) is 0 Å². The molecule has 0 aliphatic heterocycles. The second-order valence-electron chi connectivity index (χ2n) is 5.42. The standard InChI is InChI=1S/C17H20FN3O5/c1-2-26-15(9-11-3-5-12(18)6-4-11)16(23)21-14(17(24)25)8-7-13(22)10-20-19/h3-6,10,14-15H,2,7-9H2,1H3,(H,21,23)(H,24,25). The predicted molar refractivity (Wildman–Crippen MR) is 89.0 cm³/mol. The first kappa shape index (κ1) is 21.1. The van der Waals surface area contributed by atoms with Crippen LogP contribution < -0.4 is 5.32 Å². The highest BCUT2D eigenvalue weighted by molar-refractivity contribution is 6.25. The quantitative estimate of drug-likeness (QED) is 0.343. The summed E-state index contributed by atoms with van der Waals surface area (Å²) in [5.74, 6) is -2.93. The molecule has 8 nitrogen and oxygen atoms in total. The third kappa shape index (κ3) is 7.33. The smallest absolute Gasteiger partial charge is 0.326 e. The summed E-state index contributed by atoms with van der Waals surface area (Å²) < 4.78 is 18.3. The Morgan fingerprint density at radius 1 is 1.35 bits per heavy atom. The summed E-state index contributed by atoms with van der Waals surface area (Å²) in [5.41, 5.74) is 8.92. The van der Waals surface area contributed by atoms with E-state index >= 15 is 0 Å². The molecule has 0 aliphatic rings. The van der Waals surface area contributed by atoms with Gasteiger partial charge in [-0.25, -0.2) is 9.18 Å². The Kier molecular flexibility index (Phi) is 8.83. The number of hydrogen-bond acceptors (Lipinski definition) is 4.